The van der Waals surface area contributed by atoms with E-state index in [0.29, 0.717) is 46.5 Å². The van der Waals surface area contributed by atoms with Crippen molar-refractivity contribution in [2.75, 3.05) is 13.7 Å². The largest absolute Gasteiger partial charge is 0.493 e. The Balaban J connectivity index is 1.61. The van der Waals surface area contributed by atoms with Crippen molar-refractivity contribution in [2.45, 2.75) is 42.4 Å². The number of pyridine rings is 1. The van der Waals surface area contributed by atoms with Gasteiger partial charge in [-0.05, 0) is 42.6 Å². The molecule has 3 heterocycles. The highest BCUT2D eigenvalue weighted by Crippen LogP contribution is 2.67. The van der Waals surface area contributed by atoms with Crippen LogP contribution >= 0.6 is 0 Å². The predicted octanol–water partition coefficient (Wildman–Crippen LogP) is 2.52. The SMILES string of the molecule is COc1ccc2c3c1OC1c4nc5ccccc5c(C(=O)O)c4CC4(O)C(C2)NCC[C@]314. The molecule has 3 aromatic rings. The molecule has 3 unspecified atom stereocenters. The Hall–Kier alpha value is -3.16. The van der Waals surface area contributed by atoms with Crippen molar-refractivity contribution in [1.82, 2.24) is 10.3 Å². The maximum atomic E-state index is 12.5. The lowest BCUT2D eigenvalue weighted by Crippen LogP contribution is -2.74. The number of nitrogens with zero attached hydrogens (tertiary/aromatic N) is 1. The second-order valence-corrected chi connectivity index (χ2v) is 9.34. The number of nitrogens with one attached hydrogen (secondary N) is 1. The Morgan fingerprint density at radius 1 is 1.28 bits per heavy atom. The minimum absolute atomic E-state index is 0.199. The first-order valence-electron chi connectivity index (χ1n) is 11.0. The van der Waals surface area contributed by atoms with Gasteiger partial charge in [-0.3, -0.25) is 0 Å². The third-order valence-corrected chi connectivity index (χ3v) is 8.17. The summed E-state index contributed by atoms with van der Waals surface area (Å²) < 4.78 is 12.2. The number of hydrogen-bond donors (Lipinski definition) is 3. The minimum atomic E-state index is -1.19. The van der Waals surface area contributed by atoms with Gasteiger partial charge in [0.1, 0.15) is 0 Å². The number of benzene rings is 2. The zero-order valence-electron chi connectivity index (χ0n) is 17.5. The fourth-order valence-corrected chi connectivity index (χ4v) is 6.94. The van der Waals surface area contributed by atoms with Gasteiger partial charge in [-0.25, -0.2) is 9.78 Å². The molecule has 1 saturated heterocycles. The van der Waals surface area contributed by atoms with E-state index in [-0.39, 0.29) is 18.0 Å². The molecule has 1 aromatic heterocycles. The van der Waals surface area contributed by atoms with Gasteiger partial charge in [0.25, 0.3) is 0 Å². The number of aromatic carboxylic acids is 1. The standard InChI is InChI=1S/C25H22N2O5/c1-31-16-7-6-12-10-17-25(30)11-14-18(23(28)29)13-4-2-3-5-15(13)27-20(14)22-24(25,8-9-26-17)19(12)21(16)32-22/h2-7,17,22,26,30H,8-11H2,1H3,(H,28,29)/t17?,22?,24-,25?/m0/s1. The quantitative estimate of drug-likeness (QED) is 0.574. The first-order valence-corrected chi connectivity index (χ1v) is 11.0. The van der Waals surface area contributed by atoms with Crippen LogP contribution in [-0.2, 0) is 18.3 Å². The van der Waals surface area contributed by atoms with Crippen LogP contribution < -0.4 is 14.8 Å². The average Bonchev–Trinajstić information content (AvgIpc) is 3.12. The van der Waals surface area contributed by atoms with Crippen molar-refractivity contribution < 1.29 is 24.5 Å². The Bertz CT molecular complexity index is 1350. The van der Waals surface area contributed by atoms with E-state index >= 15 is 0 Å². The van der Waals surface area contributed by atoms with Gasteiger partial charge in [0, 0.05) is 23.4 Å². The Morgan fingerprint density at radius 3 is 2.94 bits per heavy atom. The molecule has 0 saturated carbocycles. The molecular formula is C25H22N2O5. The van der Waals surface area contributed by atoms with Gasteiger partial charge in [-0.2, -0.15) is 0 Å². The molecule has 7 nitrogen and oxygen atoms in total. The molecule has 4 atom stereocenters. The third kappa shape index (κ3) is 1.87. The second-order valence-electron chi connectivity index (χ2n) is 9.34. The molecule has 2 aromatic carbocycles. The van der Waals surface area contributed by atoms with Crippen LogP contribution in [0.15, 0.2) is 36.4 Å². The summed E-state index contributed by atoms with van der Waals surface area (Å²) in [6.07, 6.45) is 0.970. The summed E-state index contributed by atoms with van der Waals surface area (Å²) in [4.78, 5) is 17.4. The number of rotatable bonds is 2. The monoisotopic (exact) mass is 430 g/mol. The highest BCUT2D eigenvalue weighted by molar-refractivity contribution is 6.04. The van der Waals surface area contributed by atoms with Gasteiger partial charge in [-0.15, -0.1) is 0 Å². The van der Waals surface area contributed by atoms with Crippen LogP contribution in [0.25, 0.3) is 10.9 Å². The van der Waals surface area contributed by atoms with E-state index in [9.17, 15) is 15.0 Å². The maximum absolute atomic E-state index is 12.5. The Morgan fingerprint density at radius 2 is 2.12 bits per heavy atom. The van der Waals surface area contributed by atoms with Crippen LogP contribution in [0.1, 0.15) is 45.3 Å². The summed E-state index contributed by atoms with van der Waals surface area (Å²) in [5.41, 5.74) is 2.30. The van der Waals surface area contributed by atoms with Gasteiger partial charge < -0.3 is 25.0 Å². The fraction of sp³-hybridized carbons (Fsp3) is 0.360. The number of carbonyl (C=O) groups is 1. The van der Waals surface area contributed by atoms with E-state index in [4.69, 9.17) is 14.5 Å². The van der Waals surface area contributed by atoms with E-state index in [1.54, 1.807) is 13.2 Å². The molecule has 4 aliphatic rings. The predicted molar refractivity (Wildman–Crippen MR) is 116 cm³/mol. The molecule has 1 fully saturated rings. The topological polar surface area (TPSA) is 101 Å². The number of carboxylic acids is 1. The van der Waals surface area contributed by atoms with Crippen molar-refractivity contribution in [2.24, 2.45) is 0 Å². The van der Waals surface area contributed by atoms with Crippen molar-refractivity contribution in [3.8, 4) is 11.5 Å². The van der Waals surface area contributed by atoms with E-state index < -0.39 is 23.1 Å². The Kier molecular flexibility index (Phi) is 3.33. The molecule has 1 spiro atoms. The Labute approximate surface area is 184 Å². The summed E-state index contributed by atoms with van der Waals surface area (Å²) in [7, 11) is 1.61. The number of piperidine rings is 1. The average molecular weight is 430 g/mol. The van der Waals surface area contributed by atoms with Crippen molar-refractivity contribution >= 4 is 16.9 Å². The highest BCUT2D eigenvalue weighted by atomic mass is 16.5. The molecule has 2 aliphatic carbocycles. The molecule has 3 N–H and O–H groups in total. The number of hydrogen-bond acceptors (Lipinski definition) is 6. The van der Waals surface area contributed by atoms with Crippen LogP contribution in [-0.4, -0.2) is 46.5 Å². The van der Waals surface area contributed by atoms with Crippen LogP contribution in [0.4, 0.5) is 0 Å². The number of carboxylic acid groups (broad SMARTS) is 1. The minimum Gasteiger partial charge on any atom is -0.493 e. The first kappa shape index (κ1) is 18.4. The van der Waals surface area contributed by atoms with Gasteiger partial charge in [0.15, 0.2) is 17.6 Å². The molecule has 32 heavy (non-hydrogen) atoms. The van der Waals surface area contributed by atoms with Crippen molar-refractivity contribution in [3.63, 3.8) is 0 Å². The van der Waals surface area contributed by atoms with E-state index in [0.717, 1.165) is 17.7 Å². The molecule has 162 valence electrons. The maximum Gasteiger partial charge on any atom is 0.336 e. The van der Waals surface area contributed by atoms with Gasteiger partial charge in [0.05, 0.1) is 34.9 Å². The lowest BCUT2D eigenvalue weighted by Gasteiger charge is -2.60. The van der Waals surface area contributed by atoms with Gasteiger partial charge in [0.2, 0.25) is 0 Å². The molecule has 0 amide bonds. The van der Waals surface area contributed by atoms with E-state index in [1.807, 2.05) is 24.3 Å². The molecule has 7 heteroatoms. The fourth-order valence-electron chi connectivity index (χ4n) is 6.94. The van der Waals surface area contributed by atoms with Gasteiger partial charge >= 0.3 is 5.97 Å². The molecule has 0 radical (unpaired) electrons. The third-order valence-electron chi connectivity index (χ3n) is 8.17. The number of fused-ring (bicyclic) bond motifs is 3. The second kappa shape index (κ2) is 5.79. The summed E-state index contributed by atoms with van der Waals surface area (Å²) in [6, 6.07) is 11.1. The lowest BCUT2D eigenvalue weighted by molar-refractivity contribution is -0.134. The molecule has 2 aliphatic heterocycles. The van der Waals surface area contributed by atoms with Crippen molar-refractivity contribution in [1.29, 1.82) is 0 Å². The zero-order valence-corrected chi connectivity index (χ0v) is 17.5. The lowest BCUT2D eigenvalue weighted by atomic mass is 9.49. The van der Waals surface area contributed by atoms with Gasteiger partial charge in [-0.1, -0.05) is 24.3 Å². The number of methoxy groups -OCH3 is 1. The normalized spacial score (nSPS) is 30.9. The van der Waals surface area contributed by atoms with Crippen LogP contribution in [0.5, 0.6) is 11.5 Å². The molecule has 2 bridgehead atoms. The smallest absolute Gasteiger partial charge is 0.336 e. The number of aromatic nitrogens is 1. The van der Waals surface area contributed by atoms with E-state index in [1.165, 1.54) is 0 Å². The molecular weight excluding hydrogens is 408 g/mol. The van der Waals surface area contributed by atoms with E-state index in [2.05, 4.69) is 11.4 Å². The van der Waals surface area contributed by atoms with Crippen LogP contribution in [0.3, 0.4) is 0 Å². The number of para-hydroxylation sites is 1. The number of aliphatic hydroxyl groups is 1. The number of ether oxygens (including phenoxy) is 2. The van der Waals surface area contributed by atoms with Crippen LogP contribution in [0.2, 0.25) is 0 Å². The zero-order chi connectivity index (χ0) is 21.8. The molecule has 7 rings (SSSR count). The summed E-state index contributed by atoms with van der Waals surface area (Å²) >= 11 is 0. The summed E-state index contributed by atoms with van der Waals surface area (Å²) in [5.74, 6) is 0.281. The first-order chi connectivity index (χ1) is 15.5. The van der Waals surface area contributed by atoms with Crippen molar-refractivity contribution in [3.05, 3.63) is 64.3 Å². The summed E-state index contributed by atoms with van der Waals surface area (Å²) in [5, 5.41) is 26.7. The van der Waals surface area contributed by atoms with Crippen LogP contribution in [0, 0.1) is 0 Å². The summed E-state index contributed by atoms with van der Waals surface area (Å²) in [6.45, 7) is 0.748. The highest BCUT2D eigenvalue weighted by Gasteiger charge is 2.71.